The van der Waals surface area contributed by atoms with Gasteiger partial charge in [0.2, 0.25) is 0 Å². The topological polar surface area (TPSA) is 12.0 Å². The fourth-order valence-corrected chi connectivity index (χ4v) is 3.37. The van der Waals surface area contributed by atoms with Crippen LogP contribution >= 0.6 is 0 Å². The molecule has 0 fully saturated rings. The molecule has 1 N–H and O–H groups in total. The molecule has 3 rings (SSSR count). The van der Waals surface area contributed by atoms with Crippen LogP contribution in [0.2, 0.25) is 0 Å². The summed E-state index contributed by atoms with van der Waals surface area (Å²) in [4.78, 5) is 0. The highest BCUT2D eigenvalue weighted by atomic mass is 14.9. The minimum absolute atomic E-state index is 0.226. The first-order valence-electron chi connectivity index (χ1n) is 7.89. The Morgan fingerprint density at radius 3 is 2.29 bits per heavy atom. The molecule has 0 aromatic heterocycles. The van der Waals surface area contributed by atoms with Gasteiger partial charge in [-0.15, -0.1) is 0 Å². The Morgan fingerprint density at radius 2 is 1.62 bits per heavy atom. The van der Waals surface area contributed by atoms with Gasteiger partial charge in [-0.3, -0.25) is 0 Å². The summed E-state index contributed by atoms with van der Waals surface area (Å²) in [5.41, 5.74) is 5.83. The standard InChI is InChI=1S/C20H25N/c1-14-13-21-19(20(2,3)4)18-12-16(10-11-17(14)18)15-8-6-5-7-9-15/h5-12,14,19,21H,13H2,1-4H3. The van der Waals surface area contributed by atoms with Gasteiger partial charge in [-0.2, -0.15) is 0 Å². The predicted octanol–water partition coefficient (Wildman–Crippen LogP) is 5.15. The van der Waals surface area contributed by atoms with E-state index in [-0.39, 0.29) is 5.41 Å². The van der Waals surface area contributed by atoms with Gasteiger partial charge in [-0.25, -0.2) is 0 Å². The molecule has 1 heteroatoms. The van der Waals surface area contributed by atoms with Gasteiger partial charge < -0.3 is 5.32 Å². The van der Waals surface area contributed by atoms with Crippen molar-refractivity contribution < 1.29 is 0 Å². The van der Waals surface area contributed by atoms with Crippen LogP contribution in [0.15, 0.2) is 48.5 Å². The van der Waals surface area contributed by atoms with E-state index in [9.17, 15) is 0 Å². The van der Waals surface area contributed by atoms with Gasteiger partial charge in [0, 0.05) is 12.6 Å². The normalized spacial score (nSPS) is 21.9. The van der Waals surface area contributed by atoms with E-state index in [0.29, 0.717) is 12.0 Å². The zero-order chi connectivity index (χ0) is 15.0. The van der Waals surface area contributed by atoms with Crippen molar-refractivity contribution in [1.29, 1.82) is 0 Å². The minimum Gasteiger partial charge on any atom is -0.309 e. The van der Waals surface area contributed by atoms with Crippen LogP contribution in [0.3, 0.4) is 0 Å². The second kappa shape index (κ2) is 5.31. The van der Waals surface area contributed by atoms with Crippen LogP contribution in [-0.4, -0.2) is 6.54 Å². The van der Waals surface area contributed by atoms with Gasteiger partial charge in [-0.1, -0.05) is 70.2 Å². The second-order valence-electron chi connectivity index (χ2n) is 7.32. The van der Waals surface area contributed by atoms with Crippen LogP contribution < -0.4 is 5.32 Å². The minimum atomic E-state index is 0.226. The molecule has 2 atom stereocenters. The van der Waals surface area contributed by atoms with Crippen LogP contribution in [0.4, 0.5) is 0 Å². The maximum Gasteiger partial charge on any atom is 0.0372 e. The molecule has 0 amide bonds. The molecule has 2 aromatic carbocycles. The lowest BCUT2D eigenvalue weighted by Crippen LogP contribution is -2.39. The lowest BCUT2D eigenvalue weighted by atomic mass is 9.75. The molecule has 0 bridgehead atoms. The van der Waals surface area contributed by atoms with Gasteiger partial charge in [0.1, 0.15) is 0 Å². The predicted molar refractivity (Wildman–Crippen MR) is 90.5 cm³/mol. The highest BCUT2D eigenvalue weighted by Gasteiger charge is 2.32. The molecular formula is C20H25N. The Hall–Kier alpha value is -1.60. The van der Waals surface area contributed by atoms with E-state index in [2.05, 4.69) is 81.5 Å². The van der Waals surface area contributed by atoms with E-state index in [0.717, 1.165) is 6.54 Å². The number of benzene rings is 2. The maximum atomic E-state index is 3.74. The molecule has 110 valence electrons. The van der Waals surface area contributed by atoms with Gasteiger partial charge in [0.15, 0.2) is 0 Å². The summed E-state index contributed by atoms with van der Waals surface area (Å²) in [7, 11) is 0. The van der Waals surface area contributed by atoms with Crippen molar-refractivity contribution in [2.24, 2.45) is 5.41 Å². The number of rotatable bonds is 1. The Morgan fingerprint density at radius 1 is 0.905 bits per heavy atom. The molecule has 0 saturated heterocycles. The van der Waals surface area contributed by atoms with E-state index >= 15 is 0 Å². The first-order chi connectivity index (χ1) is 9.97. The lowest BCUT2D eigenvalue weighted by molar-refractivity contribution is 0.256. The van der Waals surface area contributed by atoms with Gasteiger partial charge >= 0.3 is 0 Å². The van der Waals surface area contributed by atoms with Crippen molar-refractivity contribution in [3.63, 3.8) is 0 Å². The Labute approximate surface area is 128 Å². The summed E-state index contributed by atoms with van der Waals surface area (Å²) in [6.07, 6.45) is 0. The van der Waals surface area contributed by atoms with Crippen molar-refractivity contribution >= 4 is 0 Å². The smallest absolute Gasteiger partial charge is 0.0372 e. The largest absolute Gasteiger partial charge is 0.309 e. The SMILES string of the molecule is CC1CNC(C(C)(C)C)c2cc(-c3ccccc3)ccc21. The Balaban J connectivity index is 2.10. The number of nitrogens with one attached hydrogen (secondary N) is 1. The average molecular weight is 279 g/mol. The summed E-state index contributed by atoms with van der Waals surface area (Å²) < 4.78 is 0. The van der Waals surface area contributed by atoms with Gasteiger partial charge in [0.25, 0.3) is 0 Å². The molecule has 2 unspecified atom stereocenters. The van der Waals surface area contributed by atoms with Gasteiger partial charge in [0.05, 0.1) is 0 Å². The van der Waals surface area contributed by atoms with Crippen LogP contribution in [0.5, 0.6) is 0 Å². The van der Waals surface area contributed by atoms with E-state index in [1.54, 1.807) is 0 Å². The van der Waals surface area contributed by atoms with E-state index in [4.69, 9.17) is 0 Å². The summed E-state index contributed by atoms with van der Waals surface area (Å²) in [5.74, 6) is 0.587. The molecule has 1 heterocycles. The first-order valence-corrected chi connectivity index (χ1v) is 7.89. The van der Waals surface area contributed by atoms with E-state index < -0.39 is 0 Å². The zero-order valence-electron chi connectivity index (χ0n) is 13.5. The Kier molecular flexibility index (Phi) is 3.62. The molecule has 0 aliphatic carbocycles. The highest BCUT2D eigenvalue weighted by molar-refractivity contribution is 5.65. The summed E-state index contributed by atoms with van der Waals surface area (Å²) in [5, 5.41) is 3.74. The third kappa shape index (κ3) is 2.75. The summed E-state index contributed by atoms with van der Waals surface area (Å²) in [6, 6.07) is 18.1. The fraction of sp³-hybridized carbons (Fsp3) is 0.400. The lowest BCUT2D eigenvalue weighted by Gasteiger charge is -2.39. The highest BCUT2D eigenvalue weighted by Crippen LogP contribution is 2.41. The van der Waals surface area contributed by atoms with E-state index in [1.165, 1.54) is 22.3 Å². The molecule has 0 spiro atoms. The molecule has 0 saturated carbocycles. The van der Waals surface area contributed by atoms with Crippen molar-refractivity contribution in [1.82, 2.24) is 5.32 Å². The average Bonchev–Trinajstić information content (AvgIpc) is 2.47. The van der Waals surface area contributed by atoms with Crippen LogP contribution in [0.25, 0.3) is 11.1 Å². The van der Waals surface area contributed by atoms with Crippen molar-refractivity contribution in [2.45, 2.75) is 39.7 Å². The first kappa shape index (κ1) is 14.3. The van der Waals surface area contributed by atoms with Crippen LogP contribution in [0.1, 0.15) is 50.8 Å². The molecule has 1 aliphatic heterocycles. The van der Waals surface area contributed by atoms with Crippen molar-refractivity contribution in [2.75, 3.05) is 6.54 Å². The third-order valence-electron chi connectivity index (χ3n) is 4.53. The summed E-state index contributed by atoms with van der Waals surface area (Å²) in [6.45, 7) is 10.3. The second-order valence-corrected chi connectivity index (χ2v) is 7.32. The number of hydrogen-bond donors (Lipinski definition) is 1. The summed E-state index contributed by atoms with van der Waals surface area (Å²) >= 11 is 0. The number of hydrogen-bond acceptors (Lipinski definition) is 1. The molecule has 0 radical (unpaired) electrons. The van der Waals surface area contributed by atoms with E-state index in [1.807, 2.05) is 0 Å². The Bertz CT molecular complexity index is 622. The molecule has 2 aromatic rings. The molecular weight excluding hydrogens is 254 g/mol. The van der Waals surface area contributed by atoms with Crippen LogP contribution in [0, 0.1) is 5.41 Å². The fourth-order valence-electron chi connectivity index (χ4n) is 3.37. The van der Waals surface area contributed by atoms with Crippen molar-refractivity contribution in [3.05, 3.63) is 59.7 Å². The quantitative estimate of drug-likeness (QED) is 0.761. The maximum absolute atomic E-state index is 3.74. The molecule has 21 heavy (non-hydrogen) atoms. The zero-order valence-corrected chi connectivity index (χ0v) is 13.5. The van der Waals surface area contributed by atoms with Crippen LogP contribution in [-0.2, 0) is 0 Å². The monoisotopic (exact) mass is 279 g/mol. The third-order valence-corrected chi connectivity index (χ3v) is 4.53. The number of fused-ring (bicyclic) bond motifs is 1. The molecule has 1 nitrogen and oxygen atoms in total. The van der Waals surface area contributed by atoms with Gasteiger partial charge in [-0.05, 0) is 39.7 Å². The molecule has 1 aliphatic rings. The van der Waals surface area contributed by atoms with Crippen molar-refractivity contribution in [3.8, 4) is 11.1 Å².